The lowest BCUT2D eigenvalue weighted by Gasteiger charge is -2.14. The predicted molar refractivity (Wildman–Crippen MR) is 105 cm³/mol. The normalized spacial score (nSPS) is 10.5. The van der Waals surface area contributed by atoms with Crippen molar-refractivity contribution in [2.45, 2.75) is 65.4 Å². The lowest BCUT2D eigenvalue weighted by atomic mass is 10.1. The maximum atomic E-state index is 12.2. The van der Waals surface area contributed by atoms with Crippen LogP contribution in [0.25, 0.3) is 0 Å². The number of nitrogens with one attached hydrogen (secondary N) is 1. The summed E-state index contributed by atoms with van der Waals surface area (Å²) in [6.45, 7) is 5.41. The molecule has 1 aromatic rings. The molecule has 0 fully saturated rings. The molecular weight excluding hydrogens is 380 g/mol. The zero-order valence-corrected chi connectivity index (χ0v) is 17.2. The van der Waals surface area contributed by atoms with Crippen molar-refractivity contribution in [2.24, 2.45) is 0 Å². The number of carboxylic acids is 1. The number of unbranched alkanes of at least 4 members (excludes halogenated alkanes) is 5. The van der Waals surface area contributed by atoms with Crippen LogP contribution in [0.3, 0.4) is 0 Å². The first-order valence-electron chi connectivity index (χ1n) is 9.84. The van der Waals surface area contributed by atoms with E-state index >= 15 is 0 Å². The highest BCUT2D eigenvalue weighted by Crippen LogP contribution is 2.27. The molecular formula is C20H30N2O7. The Labute approximate surface area is 170 Å². The van der Waals surface area contributed by atoms with E-state index in [2.05, 4.69) is 17.2 Å². The first kappa shape index (κ1) is 24.2. The van der Waals surface area contributed by atoms with Crippen molar-refractivity contribution in [1.82, 2.24) is 10.3 Å². The van der Waals surface area contributed by atoms with Gasteiger partial charge in [0.1, 0.15) is 6.54 Å². The molecule has 162 valence electrons. The number of ether oxygens (including phenoxy) is 3. The van der Waals surface area contributed by atoms with Crippen LogP contribution in [0.4, 0.5) is 4.79 Å². The van der Waals surface area contributed by atoms with Crippen molar-refractivity contribution in [3.05, 3.63) is 17.8 Å². The monoisotopic (exact) mass is 410 g/mol. The van der Waals surface area contributed by atoms with Crippen LogP contribution in [-0.2, 0) is 9.53 Å². The fraction of sp³-hybridized carbons (Fsp3) is 0.600. The molecule has 1 heterocycles. The summed E-state index contributed by atoms with van der Waals surface area (Å²) in [6.07, 6.45) is 6.46. The van der Waals surface area contributed by atoms with Crippen molar-refractivity contribution in [2.75, 3.05) is 13.2 Å². The molecule has 0 unspecified atom stereocenters. The summed E-state index contributed by atoms with van der Waals surface area (Å²) >= 11 is 0. The highest BCUT2D eigenvalue weighted by atomic mass is 16.6. The molecule has 0 spiro atoms. The van der Waals surface area contributed by atoms with E-state index < -0.39 is 24.6 Å². The van der Waals surface area contributed by atoms with Crippen LogP contribution in [0.15, 0.2) is 12.3 Å². The maximum absolute atomic E-state index is 12.2. The second-order valence-corrected chi connectivity index (χ2v) is 6.73. The van der Waals surface area contributed by atoms with Crippen LogP contribution in [0.2, 0.25) is 0 Å². The van der Waals surface area contributed by atoms with E-state index in [0.717, 1.165) is 19.3 Å². The van der Waals surface area contributed by atoms with Gasteiger partial charge < -0.3 is 24.6 Å². The van der Waals surface area contributed by atoms with Gasteiger partial charge in [-0.2, -0.15) is 0 Å². The minimum Gasteiger partial charge on any atom is -0.485 e. The van der Waals surface area contributed by atoms with E-state index in [1.54, 1.807) is 13.8 Å². The van der Waals surface area contributed by atoms with Crippen LogP contribution >= 0.6 is 0 Å². The van der Waals surface area contributed by atoms with Crippen molar-refractivity contribution in [1.29, 1.82) is 0 Å². The Morgan fingerprint density at radius 3 is 2.48 bits per heavy atom. The molecule has 1 aromatic heterocycles. The number of carbonyl (C=O) groups is 3. The van der Waals surface area contributed by atoms with E-state index in [0.29, 0.717) is 6.61 Å². The number of esters is 1. The fourth-order valence-electron chi connectivity index (χ4n) is 2.36. The Morgan fingerprint density at radius 1 is 1.14 bits per heavy atom. The molecule has 9 nitrogen and oxygen atoms in total. The number of carbonyl (C=O) groups excluding carboxylic acids is 2. The summed E-state index contributed by atoms with van der Waals surface area (Å²) in [5, 5.41) is 10.6. The van der Waals surface area contributed by atoms with Crippen molar-refractivity contribution in [3.8, 4) is 11.6 Å². The van der Waals surface area contributed by atoms with Crippen LogP contribution in [0.5, 0.6) is 11.6 Å². The number of hydrogen-bond donors (Lipinski definition) is 2. The summed E-state index contributed by atoms with van der Waals surface area (Å²) in [5.74, 6) is -1.84. The van der Waals surface area contributed by atoms with Gasteiger partial charge in [-0.3, -0.25) is 4.79 Å². The standard InChI is InChI=1S/C20H30N2O7/c1-4-5-6-7-8-9-10-27-19(25)15-11-16(28-14(2)3)18(21-12-15)29-20(26)22-13-17(23)24/h11-12,14H,4-10,13H2,1-3H3,(H,22,26)(H,23,24). The smallest absolute Gasteiger partial charge is 0.414 e. The average Bonchev–Trinajstić information content (AvgIpc) is 2.66. The molecule has 0 saturated carbocycles. The topological polar surface area (TPSA) is 124 Å². The lowest BCUT2D eigenvalue weighted by Crippen LogP contribution is -2.32. The third-order valence-electron chi connectivity index (χ3n) is 3.72. The Hall–Kier alpha value is -2.84. The quantitative estimate of drug-likeness (QED) is 0.374. The Kier molecular flexibility index (Phi) is 11.1. The minimum atomic E-state index is -1.21. The van der Waals surface area contributed by atoms with Gasteiger partial charge in [0.25, 0.3) is 5.88 Å². The van der Waals surface area contributed by atoms with Crippen LogP contribution in [0.1, 0.15) is 69.7 Å². The van der Waals surface area contributed by atoms with Gasteiger partial charge >= 0.3 is 18.0 Å². The first-order valence-corrected chi connectivity index (χ1v) is 9.84. The molecule has 0 atom stereocenters. The number of rotatable bonds is 13. The van der Waals surface area contributed by atoms with Gasteiger partial charge in [-0.25, -0.2) is 14.6 Å². The average molecular weight is 410 g/mol. The third kappa shape index (κ3) is 10.3. The van der Waals surface area contributed by atoms with Crippen LogP contribution < -0.4 is 14.8 Å². The second-order valence-electron chi connectivity index (χ2n) is 6.73. The molecule has 0 aromatic carbocycles. The zero-order chi connectivity index (χ0) is 21.6. The second kappa shape index (κ2) is 13.4. The molecule has 1 rings (SSSR count). The van der Waals surface area contributed by atoms with Crippen LogP contribution in [-0.4, -0.2) is 47.4 Å². The van der Waals surface area contributed by atoms with E-state index in [-0.39, 0.29) is 23.3 Å². The number of carboxylic acid groups (broad SMARTS) is 1. The van der Waals surface area contributed by atoms with Gasteiger partial charge in [0, 0.05) is 12.3 Å². The highest BCUT2D eigenvalue weighted by Gasteiger charge is 2.18. The zero-order valence-electron chi connectivity index (χ0n) is 17.2. The molecule has 0 radical (unpaired) electrons. The van der Waals surface area contributed by atoms with Crippen LogP contribution in [0, 0.1) is 0 Å². The van der Waals surface area contributed by atoms with E-state index in [9.17, 15) is 14.4 Å². The molecule has 0 aliphatic carbocycles. The Morgan fingerprint density at radius 2 is 1.83 bits per heavy atom. The van der Waals surface area contributed by atoms with Crippen molar-refractivity contribution in [3.63, 3.8) is 0 Å². The molecule has 0 saturated heterocycles. The minimum absolute atomic E-state index is 0.0829. The summed E-state index contributed by atoms with van der Waals surface area (Å²) < 4.78 is 15.8. The predicted octanol–water partition coefficient (Wildman–Crippen LogP) is 3.56. The van der Waals surface area contributed by atoms with Gasteiger partial charge in [0.05, 0.1) is 18.3 Å². The lowest BCUT2D eigenvalue weighted by molar-refractivity contribution is -0.135. The molecule has 0 aliphatic rings. The number of hydrogen-bond acceptors (Lipinski definition) is 7. The number of nitrogens with zero attached hydrogens (tertiary/aromatic N) is 1. The third-order valence-corrected chi connectivity index (χ3v) is 3.72. The Bertz CT molecular complexity index is 677. The summed E-state index contributed by atoms with van der Waals surface area (Å²) in [6, 6.07) is 1.39. The maximum Gasteiger partial charge on any atom is 0.414 e. The number of pyridine rings is 1. The number of aromatic nitrogens is 1. The summed E-state index contributed by atoms with van der Waals surface area (Å²) in [7, 11) is 0. The fourth-order valence-corrected chi connectivity index (χ4v) is 2.36. The van der Waals surface area contributed by atoms with Crippen molar-refractivity contribution < 1.29 is 33.7 Å². The van der Waals surface area contributed by atoms with E-state index in [1.165, 1.54) is 31.5 Å². The summed E-state index contributed by atoms with van der Waals surface area (Å²) in [4.78, 5) is 38.3. The van der Waals surface area contributed by atoms with Gasteiger partial charge in [0.15, 0.2) is 5.75 Å². The molecule has 1 amide bonds. The van der Waals surface area contributed by atoms with Gasteiger partial charge in [-0.15, -0.1) is 0 Å². The van der Waals surface area contributed by atoms with Gasteiger partial charge in [0.2, 0.25) is 0 Å². The molecule has 0 bridgehead atoms. The molecule has 9 heteroatoms. The highest BCUT2D eigenvalue weighted by molar-refractivity contribution is 5.89. The van der Waals surface area contributed by atoms with Crippen molar-refractivity contribution >= 4 is 18.0 Å². The van der Waals surface area contributed by atoms with Gasteiger partial charge in [-0.05, 0) is 20.3 Å². The summed E-state index contributed by atoms with van der Waals surface area (Å²) in [5.41, 5.74) is 0.171. The van der Waals surface area contributed by atoms with E-state index in [4.69, 9.17) is 19.3 Å². The number of amides is 1. The van der Waals surface area contributed by atoms with E-state index in [1.807, 2.05) is 0 Å². The Balaban J connectivity index is 2.66. The first-order chi connectivity index (χ1) is 13.8. The molecule has 2 N–H and O–H groups in total. The molecule has 29 heavy (non-hydrogen) atoms. The largest absolute Gasteiger partial charge is 0.485 e. The SMILES string of the molecule is CCCCCCCCOC(=O)c1cnc(OC(=O)NCC(=O)O)c(OC(C)C)c1. The number of aliphatic carboxylic acids is 1. The van der Waals surface area contributed by atoms with Gasteiger partial charge in [-0.1, -0.05) is 39.0 Å². The molecule has 0 aliphatic heterocycles.